The topological polar surface area (TPSA) is 49.3 Å². The number of carboxylic acid groups (broad SMARTS) is 1. The van der Waals surface area contributed by atoms with Crippen LogP contribution in [0.3, 0.4) is 0 Å². The number of fused-ring (bicyclic) bond motifs is 1. The first kappa shape index (κ1) is 9.27. The van der Waals surface area contributed by atoms with Gasteiger partial charge < -0.3 is 10.4 Å². The van der Waals surface area contributed by atoms with Crippen LogP contribution in [0.1, 0.15) is 5.56 Å². The first-order valence-corrected chi connectivity index (χ1v) is 4.43. The quantitative estimate of drug-likeness (QED) is 0.752. The Hall–Kier alpha value is -1.29. The molecule has 1 aromatic carbocycles. The Morgan fingerprint density at radius 1 is 1.64 bits per heavy atom. The van der Waals surface area contributed by atoms with Gasteiger partial charge in [-0.2, -0.15) is 0 Å². The number of hydrogen-bond donors (Lipinski definition) is 2. The Labute approximate surface area is 84.5 Å². The predicted octanol–water partition coefficient (Wildman–Crippen LogP) is 1.90. The molecule has 74 valence electrons. The van der Waals surface area contributed by atoms with Crippen LogP contribution in [0, 0.1) is 5.82 Å². The Kier molecular flexibility index (Phi) is 2.07. The highest BCUT2D eigenvalue weighted by Gasteiger charge is 2.28. The summed E-state index contributed by atoms with van der Waals surface area (Å²) >= 11 is 5.77. The molecule has 0 fully saturated rings. The van der Waals surface area contributed by atoms with Crippen molar-refractivity contribution < 1.29 is 14.3 Å². The van der Waals surface area contributed by atoms with Gasteiger partial charge in [-0.15, -0.1) is 0 Å². The Bertz CT molecular complexity index is 408. The molecule has 2 N–H and O–H groups in total. The lowest BCUT2D eigenvalue weighted by molar-refractivity contribution is -0.137. The zero-order valence-electron chi connectivity index (χ0n) is 7.05. The van der Waals surface area contributed by atoms with Crippen molar-refractivity contribution >= 4 is 23.3 Å². The van der Waals surface area contributed by atoms with Gasteiger partial charge in [-0.05, 0) is 17.7 Å². The van der Waals surface area contributed by atoms with Crippen molar-refractivity contribution in [1.29, 1.82) is 0 Å². The third-order valence-corrected chi connectivity index (χ3v) is 2.53. The van der Waals surface area contributed by atoms with Crippen molar-refractivity contribution in [2.24, 2.45) is 0 Å². The maximum Gasteiger partial charge on any atom is 0.326 e. The lowest BCUT2D eigenvalue weighted by Crippen LogP contribution is -2.26. The summed E-state index contributed by atoms with van der Waals surface area (Å²) < 4.78 is 12.9. The van der Waals surface area contributed by atoms with Gasteiger partial charge in [0, 0.05) is 17.1 Å². The van der Waals surface area contributed by atoms with Crippen LogP contribution in [0.5, 0.6) is 0 Å². The summed E-state index contributed by atoms with van der Waals surface area (Å²) in [7, 11) is 0. The summed E-state index contributed by atoms with van der Waals surface area (Å²) in [6, 6.07) is 1.74. The second-order valence-electron chi connectivity index (χ2n) is 3.15. The second-order valence-corrected chi connectivity index (χ2v) is 3.56. The number of nitrogens with one attached hydrogen (secondary N) is 1. The predicted molar refractivity (Wildman–Crippen MR) is 50.2 cm³/mol. The molecule has 0 saturated carbocycles. The molecule has 1 aliphatic heterocycles. The fourth-order valence-corrected chi connectivity index (χ4v) is 1.81. The zero-order chi connectivity index (χ0) is 10.3. The van der Waals surface area contributed by atoms with E-state index in [0.29, 0.717) is 17.7 Å². The number of halogens is 2. The second kappa shape index (κ2) is 3.13. The normalized spacial score (nSPS) is 18.9. The highest BCUT2D eigenvalue weighted by molar-refractivity contribution is 6.32. The molecular weight excluding hydrogens is 209 g/mol. The van der Waals surface area contributed by atoms with E-state index in [1.807, 2.05) is 0 Å². The maximum atomic E-state index is 12.9. The molecule has 0 spiro atoms. The summed E-state index contributed by atoms with van der Waals surface area (Å²) in [6.07, 6.45) is 0.295. The van der Waals surface area contributed by atoms with Crippen LogP contribution < -0.4 is 5.32 Å². The Balaban J connectivity index is 2.39. The molecule has 1 atom stereocenters. The minimum atomic E-state index is -0.960. The van der Waals surface area contributed by atoms with Gasteiger partial charge >= 0.3 is 5.97 Å². The summed E-state index contributed by atoms with van der Waals surface area (Å²) in [5.41, 5.74) is 1.14. The average molecular weight is 216 g/mol. The van der Waals surface area contributed by atoms with E-state index in [1.54, 1.807) is 0 Å². The summed E-state index contributed by atoms with van der Waals surface area (Å²) in [6.45, 7) is 0. The van der Waals surface area contributed by atoms with E-state index < -0.39 is 17.8 Å². The molecule has 14 heavy (non-hydrogen) atoms. The SMILES string of the molecule is O=C(O)[C@H]1Cc2c(Cl)cc(F)cc2N1. The maximum absolute atomic E-state index is 12.9. The molecule has 0 aliphatic carbocycles. The number of aliphatic carboxylic acids is 1. The first-order valence-electron chi connectivity index (χ1n) is 4.05. The Morgan fingerprint density at radius 2 is 2.36 bits per heavy atom. The molecule has 0 aromatic heterocycles. The van der Waals surface area contributed by atoms with Crippen LogP contribution in [-0.2, 0) is 11.2 Å². The lowest BCUT2D eigenvalue weighted by Gasteiger charge is -2.03. The third kappa shape index (κ3) is 1.42. The number of benzene rings is 1. The van der Waals surface area contributed by atoms with E-state index in [-0.39, 0.29) is 5.02 Å². The van der Waals surface area contributed by atoms with Gasteiger partial charge in [0.15, 0.2) is 0 Å². The minimum absolute atomic E-state index is 0.274. The molecule has 0 amide bonds. The van der Waals surface area contributed by atoms with Crippen molar-refractivity contribution in [1.82, 2.24) is 0 Å². The lowest BCUT2D eigenvalue weighted by atomic mass is 10.1. The number of anilines is 1. The van der Waals surface area contributed by atoms with Gasteiger partial charge in [-0.3, -0.25) is 0 Å². The van der Waals surface area contributed by atoms with Crippen LogP contribution >= 0.6 is 11.6 Å². The van der Waals surface area contributed by atoms with Gasteiger partial charge in [0.25, 0.3) is 0 Å². The molecule has 0 bridgehead atoms. The molecule has 1 aliphatic rings. The number of hydrogen-bond acceptors (Lipinski definition) is 2. The van der Waals surface area contributed by atoms with E-state index in [1.165, 1.54) is 12.1 Å². The third-order valence-electron chi connectivity index (χ3n) is 2.20. The number of carboxylic acids is 1. The number of rotatable bonds is 1. The Morgan fingerprint density at radius 3 is 3.00 bits per heavy atom. The minimum Gasteiger partial charge on any atom is -0.480 e. The number of carbonyl (C=O) groups is 1. The van der Waals surface area contributed by atoms with E-state index in [2.05, 4.69) is 5.32 Å². The van der Waals surface area contributed by atoms with Crippen LogP contribution in [0.25, 0.3) is 0 Å². The summed E-state index contributed by atoms with van der Waals surface area (Å²) in [4.78, 5) is 10.7. The van der Waals surface area contributed by atoms with Crippen molar-refractivity contribution in [3.8, 4) is 0 Å². The monoisotopic (exact) mass is 215 g/mol. The molecule has 2 rings (SSSR count). The molecule has 0 saturated heterocycles. The van der Waals surface area contributed by atoms with Gasteiger partial charge in [0.2, 0.25) is 0 Å². The average Bonchev–Trinajstić information content (AvgIpc) is 2.47. The summed E-state index contributed by atoms with van der Waals surface area (Å²) in [5, 5.41) is 11.7. The first-order chi connectivity index (χ1) is 6.58. The molecule has 5 heteroatoms. The highest BCUT2D eigenvalue weighted by Crippen LogP contribution is 2.32. The largest absolute Gasteiger partial charge is 0.480 e. The van der Waals surface area contributed by atoms with Crippen molar-refractivity contribution in [3.63, 3.8) is 0 Å². The zero-order valence-corrected chi connectivity index (χ0v) is 7.81. The van der Waals surface area contributed by atoms with Crippen LogP contribution in [-0.4, -0.2) is 17.1 Å². The van der Waals surface area contributed by atoms with Crippen LogP contribution in [0.2, 0.25) is 5.02 Å². The van der Waals surface area contributed by atoms with Crippen molar-refractivity contribution in [2.75, 3.05) is 5.32 Å². The van der Waals surface area contributed by atoms with Crippen LogP contribution in [0.4, 0.5) is 10.1 Å². The fraction of sp³-hybridized carbons (Fsp3) is 0.222. The molecule has 3 nitrogen and oxygen atoms in total. The van der Waals surface area contributed by atoms with Gasteiger partial charge in [-0.25, -0.2) is 9.18 Å². The fourth-order valence-electron chi connectivity index (χ4n) is 1.53. The van der Waals surface area contributed by atoms with Gasteiger partial charge in [-0.1, -0.05) is 11.6 Å². The summed E-state index contributed by atoms with van der Waals surface area (Å²) in [5.74, 6) is -1.43. The van der Waals surface area contributed by atoms with E-state index in [0.717, 1.165) is 0 Å². The van der Waals surface area contributed by atoms with Crippen LogP contribution in [0.15, 0.2) is 12.1 Å². The highest BCUT2D eigenvalue weighted by atomic mass is 35.5. The molecule has 0 radical (unpaired) electrons. The van der Waals surface area contributed by atoms with Crippen molar-refractivity contribution in [3.05, 3.63) is 28.5 Å². The van der Waals surface area contributed by atoms with E-state index in [4.69, 9.17) is 16.7 Å². The molecule has 1 heterocycles. The smallest absolute Gasteiger partial charge is 0.326 e. The standard InChI is InChI=1S/C9H7ClFNO2/c10-6-1-4(11)2-7-5(6)3-8(12-7)9(13)14/h1-2,8,12H,3H2,(H,13,14)/t8-/m1/s1. The van der Waals surface area contributed by atoms with E-state index in [9.17, 15) is 9.18 Å². The van der Waals surface area contributed by atoms with Gasteiger partial charge in [0.1, 0.15) is 11.9 Å². The van der Waals surface area contributed by atoms with Crippen molar-refractivity contribution in [2.45, 2.75) is 12.5 Å². The van der Waals surface area contributed by atoms with E-state index >= 15 is 0 Å². The van der Waals surface area contributed by atoms with Gasteiger partial charge in [0.05, 0.1) is 0 Å². The molecule has 0 unspecified atom stereocenters. The molecule has 1 aromatic rings. The molecular formula is C9H7ClFNO2.